The summed E-state index contributed by atoms with van der Waals surface area (Å²) < 4.78 is 0. The van der Waals surface area contributed by atoms with Crippen molar-refractivity contribution in [3.63, 3.8) is 0 Å². The van der Waals surface area contributed by atoms with E-state index in [4.69, 9.17) is 0 Å². The third-order valence-electron chi connectivity index (χ3n) is 3.50. The molecule has 2 aliphatic rings. The minimum Gasteiger partial charge on any atom is -0.306 e. The van der Waals surface area contributed by atoms with Crippen LogP contribution in [0, 0.1) is 0 Å². The molecule has 2 heterocycles. The van der Waals surface area contributed by atoms with E-state index >= 15 is 0 Å². The summed E-state index contributed by atoms with van der Waals surface area (Å²) in [4.78, 5) is 12.1. The van der Waals surface area contributed by atoms with E-state index in [0.717, 1.165) is 39.0 Å². The van der Waals surface area contributed by atoms with Gasteiger partial charge in [-0.05, 0) is 32.2 Å². The molecule has 1 atom stereocenters. The lowest BCUT2D eigenvalue weighted by Gasteiger charge is -2.34. The zero-order valence-corrected chi connectivity index (χ0v) is 10.2. The predicted molar refractivity (Wildman–Crippen MR) is 63.8 cm³/mol. The van der Waals surface area contributed by atoms with Crippen LogP contribution < -0.4 is 5.32 Å². The molecule has 16 heavy (non-hydrogen) atoms. The molecule has 0 aromatic heterocycles. The number of hydrogen-bond donors (Lipinski definition) is 1. The van der Waals surface area contributed by atoms with E-state index in [2.05, 4.69) is 17.2 Å². The molecule has 1 N–H and O–H groups in total. The Hall–Kier alpha value is -0.610. The second kappa shape index (κ2) is 5.64. The van der Waals surface area contributed by atoms with Crippen molar-refractivity contribution in [3.8, 4) is 0 Å². The SMILES string of the molecule is CCCNC1CCN(N2CCCCC2)C1=O. The number of amides is 1. The molecule has 0 aromatic carbocycles. The van der Waals surface area contributed by atoms with Gasteiger partial charge in [-0.1, -0.05) is 13.3 Å². The van der Waals surface area contributed by atoms with Crippen LogP contribution in [0.1, 0.15) is 39.0 Å². The first-order valence-corrected chi connectivity index (χ1v) is 6.62. The summed E-state index contributed by atoms with van der Waals surface area (Å²) in [6, 6.07) is 0.0712. The second-order valence-electron chi connectivity index (χ2n) is 4.77. The Kier molecular flexibility index (Phi) is 4.18. The molecule has 2 rings (SSSR count). The molecule has 1 amide bonds. The van der Waals surface area contributed by atoms with Gasteiger partial charge in [-0.15, -0.1) is 0 Å². The third kappa shape index (κ3) is 2.55. The summed E-state index contributed by atoms with van der Waals surface area (Å²) in [5, 5.41) is 7.56. The topological polar surface area (TPSA) is 35.6 Å². The van der Waals surface area contributed by atoms with Crippen molar-refractivity contribution < 1.29 is 4.79 Å². The molecular weight excluding hydrogens is 202 g/mol. The minimum atomic E-state index is 0.0712. The number of carbonyl (C=O) groups is 1. The number of carbonyl (C=O) groups excluding carboxylic acids is 1. The molecule has 0 bridgehead atoms. The quantitative estimate of drug-likeness (QED) is 0.775. The molecule has 1 unspecified atom stereocenters. The largest absolute Gasteiger partial charge is 0.306 e. The Morgan fingerprint density at radius 1 is 1.25 bits per heavy atom. The Bertz CT molecular complexity index is 238. The van der Waals surface area contributed by atoms with Crippen LogP contribution in [0.25, 0.3) is 0 Å². The van der Waals surface area contributed by atoms with Crippen LogP contribution in [0.5, 0.6) is 0 Å². The number of hydrogen-bond acceptors (Lipinski definition) is 3. The molecule has 2 aliphatic heterocycles. The monoisotopic (exact) mass is 225 g/mol. The first-order valence-electron chi connectivity index (χ1n) is 6.62. The van der Waals surface area contributed by atoms with E-state index in [9.17, 15) is 4.79 Å². The van der Waals surface area contributed by atoms with Crippen LogP contribution in [0.4, 0.5) is 0 Å². The summed E-state index contributed by atoms with van der Waals surface area (Å²) >= 11 is 0. The average Bonchev–Trinajstić information content (AvgIpc) is 2.69. The lowest BCUT2D eigenvalue weighted by Crippen LogP contribution is -2.49. The third-order valence-corrected chi connectivity index (χ3v) is 3.50. The first-order chi connectivity index (χ1) is 7.83. The van der Waals surface area contributed by atoms with Gasteiger partial charge in [-0.25, -0.2) is 5.01 Å². The van der Waals surface area contributed by atoms with Gasteiger partial charge < -0.3 is 5.32 Å². The van der Waals surface area contributed by atoms with E-state index in [-0.39, 0.29) is 11.9 Å². The molecule has 2 saturated heterocycles. The van der Waals surface area contributed by atoms with Crippen molar-refractivity contribution in [1.82, 2.24) is 15.3 Å². The molecule has 2 fully saturated rings. The normalized spacial score (nSPS) is 27.7. The lowest BCUT2D eigenvalue weighted by atomic mass is 10.2. The van der Waals surface area contributed by atoms with Crippen LogP contribution in [-0.2, 0) is 4.79 Å². The highest BCUT2D eigenvalue weighted by Gasteiger charge is 2.34. The van der Waals surface area contributed by atoms with Gasteiger partial charge in [0.15, 0.2) is 0 Å². The number of piperidine rings is 1. The molecule has 4 heteroatoms. The molecule has 0 aliphatic carbocycles. The molecule has 0 spiro atoms. The maximum absolute atomic E-state index is 12.1. The zero-order chi connectivity index (χ0) is 11.4. The smallest absolute Gasteiger partial charge is 0.254 e. The fourth-order valence-electron chi connectivity index (χ4n) is 2.57. The predicted octanol–water partition coefficient (Wildman–Crippen LogP) is 0.988. The maximum Gasteiger partial charge on any atom is 0.254 e. The molecule has 92 valence electrons. The van der Waals surface area contributed by atoms with Crippen LogP contribution in [0.3, 0.4) is 0 Å². The highest BCUT2D eigenvalue weighted by Crippen LogP contribution is 2.18. The zero-order valence-electron chi connectivity index (χ0n) is 10.2. The molecule has 0 saturated carbocycles. The van der Waals surface area contributed by atoms with Gasteiger partial charge in [0, 0.05) is 19.6 Å². The summed E-state index contributed by atoms with van der Waals surface area (Å²) in [6.45, 7) is 6.11. The van der Waals surface area contributed by atoms with Gasteiger partial charge in [-0.2, -0.15) is 0 Å². The summed E-state index contributed by atoms with van der Waals surface area (Å²) in [6.07, 6.45) is 5.84. The van der Waals surface area contributed by atoms with Crippen LogP contribution in [0.15, 0.2) is 0 Å². The van der Waals surface area contributed by atoms with Gasteiger partial charge in [0.2, 0.25) is 0 Å². The Labute approximate surface area is 97.9 Å². The Morgan fingerprint density at radius 3 is 2.69 bits per heavy atom. The number of hydrazine groups is 1. The van der Waals surface area contributed by atoms with Crippen molar-refractivity contribution in [2.45, 2.75) is 45.1 Å². The van der Waals surface area contributed by atoms with Gasteiger partial charge in [0.1, 0.15) is 0 Å². The fourth-order valence-corrected chi connectivity index (χ4v) is 2.57. The van der Waals surface area contributed by atoms with Crippen molar-refractivity contribution in [2.24, 2.45) is 0 Å². The van der Waals surface area contributed by atoms with Crippen LogP contribution in [0.2, 0.25) is 0 Å². The Morgan fingerprint density at radius 2 is 2.00 bits per heavy atom. The number of nitrogens with one attached hydrogen (secondary N) is 1. The van der Waals surface area contributed by atoms with Crippen molar-refractivity contribution in [1.29, 1.82) is 0 Å². The highest BCUT2D eigenvalue weighted by atomic mass is 16.2. The van der Waals surface area contributed by atoms with Crippen molar-refractivity contribution in [2.75, 3.05) is 26.2 Å². The lowest BCUT2D eigenvalue weighted by molar-refractivity contribution is -0.146. The first kappa shape index (κ1) is 11.9. The second-order valence-corrected chi connectivity index (χ2v) is 4.77. The van der Waals surface area contributed by atoms with Crippen LogP contribution >= 0.6 is 0 Å². The van der Waals surface area contributed by atoms with Crippen molar-refractivity contribution >= 4 is 5.91 Å². The van der Waals surface area contributed by atoms with E-state index in [0.29, 0.717) is 0 Å². The molecule has 0 aromatic rings. The van der Waals surface area contributed by atoms with Gasteiger partial charge in [0.05, 0.1) is 6.04 Å². The fraction of sp³-hybridized carbons (Fsp3) is 0.917. The molecular formula is C12H23N3O. The molecule has 0 radical (unpaired) electrons. The van der Waals surface area contributed by atoms with Gasteiger partial charge in [0.25, 0.3) is 5.91 Å². The van der Waals surface area contributed by atoms with E-state index in [1.165, 1.54) is 19.3 Å². The Balaban J connectivity index is 1.85. The summed E-state index contributed by atoms with van der Waals surface area (Å²) in [5.74, 6) is 0.287. The van der Waals surface area contributed by atoms with E-state index < -0.39 is 0 Å². The summed E-state index contributed by atoms with van der Waals surface area (Å²) in [5.41, 5.74) is 0. The number of nitrogens with zero attached hydrogens (tertiary/aromatic N) is 2. The number of rotatable bonds is 4. The summed E-state index contributed by atoms with van der Waals surface area (Å²) in [7, 11) is 0. The highest BCUT2D eigenvalue weighted by molar-refractivity contribution is 5.83. The van der Waals surface area contributed by atoms with Crippen LogP contribution in [-0.4, -0.2) is 48.1 Å². The standard InChI is InChI=1S/C12H23N3O/c1-2-7-13-11-6-10-15(12(11)16)14-8-4-3-5-9-14/h11,13H,2-10H2,1H3. The average molecular weight is 225 g/mol. The van der Waals surface area contributed by atoms with E-state index in [1.54, 1.807) is 0 Å². The van der Waals surface area contributed by atoms with E-state index in [1.807, 2.05) is 5.01 Å². The van der Waals surface area contributed by atoms with Gasteiger partial charge >= 0.3 is 0 Å². The molecule has 4 nitrogen and oxygen atoms in total. The van der Waals surface area contributed by atoms with Crippen molar-refractivity contribution in [3.05, 3.63) is 0 Å². The maximum atomic E-state index is 12.1. The minimum absolute atomic E-state index is 0.0712. The van der Waals surface area contributed by atoms with Gasteiger partial charge in [-0.3, -0.25) is 9.80 Å².